The van der Waals surface area contributed by atoms with Gasteiger partial charge in [-0.15, -0.1) is 0 Å². The summed E-state index contributed by atoms with van der Waals surface area (Å²) in [4.78, 5) is 15.1. The van der Waals surface area contributed by atoms with Crippen LogP contribution in [0.2, 0.25) is 10.0 Å². The standard InChI is InChI=1S/C30H30Cl2FN5O3/c1-3-29(40,26-15-37(2)17-36-26)20-8-18-14-38(16-27-34-12-22(32)13-35-27)30(28(18)25(33)9-20,41-24-10-23(39)11-24)19-4-6-21(31)7-5-19/h4-9,12-13,15,17,23-24,39-40H,3,10-11,14,16H2,1-2H3/t23?,24?,29?,30-/m1/s1. The molecule has 1 aliphatic heterocycles. The van der Waals surface area contributed by atoms with Crippen LogP contribution in [0.15, 0.2) is 61.3 Å². The van der Waals surface area contributed by atoms with Gasteiger partial charge in [-0.1, -0.05) is 48.3 Å². The lowest BCUT2D eigenvalue weighted by atomic mass is 9.84. The van der Waals surface area contributed by atoms with Gasteiger partial charge in [0.25, 0.3) is 0 Å². The molecule has 1 fully saturated rings. The first-order valence-electron chi connectivity index (χ1n) is 13.5. The lowest BCUT2D eigenvalue weighted by molar-refractivity contribution is -0.204. The molecule has 4 aromatic rings. The molecule has 2 aromatic heterocycles. The number of aromatic nitrogens is 4. The van der Waals surface area contributed by atoms with E-state index < -0.39 is 23.2 Å². The molecule has 1 saturated carbocycles. The first-order chi connectivity index (χ1) is 19.6. The fourth-order valence-electron chi connectivity index (χ4n) is 5.88. The summed E-state index contributed by atoms with van der Waals surface area (Å²) in [5, 5.41) is 22.8. The Hall–Kier alpha value is -2.92. The molecule has 11 heteroatoms. The zero-order valence-corrected chi connectivity index (χ0v) is 24.1. The number of rotatable bonds is 8. The summed E-state index contributed by atoms with van der Waals surface area (Å²) in [7, 11) is 1.82. The van der Waals surface area contributed by atoms with Crippen LogP contribution in [-0.2, 0) is 36.2 Å². The topological polar surface area (TPSA) is 96.5 Å². The molecule has 0 spiro atoms. The van der Waals surface area contributed by atoms with E-state index in [9.17, 15) is 10.2 Å². The molecule has 0 bridgehead atoms. The molecule has 41 heavy (non-hydrogen) atoms. The van der Waals surface area contributed by atoms with E-state index in [2.05, 4.69) is 15.0 Å². The van der Waals surface area contributed by atoms with Crippen LogP contribution < -0.4 is 0 Å². The van der Waals surface area contributed by atoms with E-state index in [1.807, 2.05) is 37.1 Å². The quantitative estimate of drug-likeness (QED) is 0.293. The van der Waals surface area contributed by atoms with E-state index in [0.717, 1.165) is 0 Å². The van der Waals surface area contributed by atoms with Crippen molar-refractivity contribution in [3.8, 4) is 0 Å². The number of aliphatic hydroxyl groups excluding tert-OH is 1. The maximum atomic E-state index is 16.6. The van der Waals surface area contributed by atoms with Gasteiger partial charge in [0.15, 0.2) is 5.72 Å². The Balaban J connectivity index is 1.53. The lowest BCUT2D eigenvalue weighted by Crippen LogP contribution is -2.50. The molecule has 2 atom stereocenters. The third-order valence-corrected chi connectivity index (χ3v) is 8.53. The van der Waals surface area contributed by atoms with Crippen molar-refractivity contribution in [2.45, 2.75) is 62.8 Å². The average Bonchev–Trinajstić information content (AvgIpc) is 3.51. The maximum absolute atomic E-state index is 16.6. The molecular weight excluding hydrogens is 568 g/mol. The molecule has 214 valence electrons. The van der Waals surface area contributed by atoms with Crippen molar-refractivity contribution in [3.05, 3.63) is 111 Å². The van der Waals surface area contributed by atoms with Crippen molar-refractivity contribution >= 4 is 23.2 Å². The Morgan fingerprint density at radius 3 is 2.41 bits per heavy atom. The summed E-state index contributed by atoms with van der Waals surface area (Å²) < 4.78 is 25.2. The monoisotopic (exact) mass is 597 g/mol. The first-order valence-corrected chi connectivity index (χ1v) is 14.3. The summed E-state index contributed by atoms with van der Waals surface area (Å²) in [6.07, 6.45) is 6.78. The zero-order valence-electron chi connectivity index (χ0n) is 22.6. The molecule has 2 aliphatic rings. The van der Waals surface area contributed by atoms with Gasteiger partial charge >= 0.3 is 0 Å². The number of nitrogens with zero attached hydrogens (tertiary/aromatic N) is 5. The fourth-order valence-corrected chi connectivity index (χ4v) is 6.10. The van der Waals surface area contributed by atoms with E-state index in [-0.39, 0.29) is 19.2 Å². The smallest absolute Gasteiger partial charge is 0.178 e. The molecule has 0 saturated heterocycles. The molecule has 0 amide bonds. The van der Waals surface area contributed by atoms with E-state index in [1.165, 1.54) is 18.5 Å². The predicted octanol–water partition coefficient (Wildman–Crippen LogP) is 5.06. The van der Waals surface area contributed by atoms with Gasteiger partial charge in [0.1, 0.15) is 17.2 Å². The Kier molecular flexibility index (Phi) is 7.38. The number of ether oxygens (including phenoxy) is 1. The Labute approximate surface area is 247 Å². The molecule has 2 aromatic carbocycles. The Morgan fingerprint density at radius 1 is 1.10 bits per heavy atom. The van der Waals surface area contributed by atoms with Gasteiger partial charge in [0.2, 0.25) is 0 Å². The second-order valence-corrected chi connectivity index (χ2v) is 11.7. The molecule has 1 aliphatic carbocycles. The molecule has 8 nitrogen and oxygen atoms in total. The van der Waals surface area contributed by atoms with Crippen LogP contribution in [-0.4, -0.2) is 46.8 Å². The van der Waals surface area contributed by atoms with E-state index in [1.54, 1.807) is 29.2 Å². The van der Waals surface area contributed by atoms with Crippen LogP contribution >= 0.6 is 23.2 Å². The number of hydrogen-bond donors (Lipinski definition) is 2. The minimum atomic E-state index is -1.49. The largest absolute Gasteiger partial charge is 0.393 e. The van der Waals surface area contributed by atoms with E-state index >= 15 is 4.39 Å². The summed E-state index contributed by atoms with van der Waals surface area (Å²) in [6.45, 7) is 2.34. The summed E-state index contributed by atoms with van der Waals surface area (Å²) in [5.74, 6) is -0.0355. The Morgan fingerprint density at radius 2 is 1.80 bits per heavy atom. The minimum absolute atomic E-state index is 0.219. The SMILES string of the molecule is CCC(O)(c1cc(F)c2c(c1)CN(Cc1ncc(Cl)cn1)[C@@]2(OC1CC(O)C1)c1ccc(Cl)cc1)c1cn(C)cn1. The molecule has 3 heterocycles. The Bertz CT molecular complexity index is 1560. The summed E-state index contributed by atoms with van der Waals surface area (Å²) in [6, 6.07) is 10.4. The van der Waals surface area contributed by atoms with Crippen molar-refractivity contribution < 1.29 is 19.3 Å². The third kappa shape index (κ3) is 4.94. The highest BCUT2D eigenvalue weighted by Gasteiger charge is 2.53. The number of hydrogen-bond acceptors (Lipinski definition) is 7. The van der Waals surface area contributed by atoms with Crippen molar-refractivity contribution in [3.63, 3.8) is 0 Å². The maximum Gasteiger partial charge on any atom is 0.178 e. The molecular formula is C30H30Cl2FN5O3. The van der Waals surface area contributed by atoms with Crippen molar-refractivity contribution in [2.75, 3.05) is 0 Å². The fraction of sp³-hybridized carbons (Fsp3) is 0.367. The van der Waals surface area contributed by atoms with Gasteiger partial charge in [0, 0.05) is 48.3 Å². The first kappa shape index (κ1) is 28.2. The van der Waals surface area contributed by atoms with Gasteiger partial charge in [-0.25, -0.2) is 19.3 Å². The van der Waals surface area contributed by atoms with Crippen molar-refractivity contribution in [1.82, 2.24) is 24.4 Å². The van der Waals surface area contributed by atoms with Crippen LogP contribution in [0.1, 0.15) is 60.0 Å². The van der Waals surface area contributed by atoms with Crippen LogP contribution in [0, 0.1) is 5.82 Å². The normalized spacial score (nSPS) is 23.7. The highest BCUT2D eigenvalue weighted by molar-refractivity contribution is 6.30. The molecule has 1 unspecified atom stereocenters. The van der Waals surface area contributed by atoms with E-state index in [4.69, 9.17) is 27.9 Å². The number of imidazole rings is 1. The van der Waals surface area contributed by atoms with Gasteiger partial charge in [-0.2, -0.15) is 0 Å². The predicted molar refractivity (Wildman–Crippen MR) is 152 cm³/mol. The summed E-state index contributed by atoms with van der Waals surface area (Å²) >= 11 is 12.3. The minimum Gasteiger partial charge on any atom is -0.393 e. The highest BCUT2D eigenvalue weighted by Crippen LogP contribution is 2.51. The third-order valence-electron chi connectivity index (χ3n) is 8.08. The summed E-state index contributed by atoms with van der Waals surface area (Å²) in [5.41, 5.74) is -0.334. The van der Waals surface area contributed by atoms with Gasteiger partial charge in [-0.05, 0) is 48.6 Å². The van der Waals surface area contributed by atoms with Gasteiger partial charge in [0.05, 0.1) is 35.8 Å². The molecule has 0 radical (unpaired) electrons. The number of halogens is 3. The van der Waals surface area contributed by atoms with Crippen LogP contribution in [0.4, 0.5) is 4.39 Å². The van der Waals surface area contributed by atoms with Crippen LogP contribution in [0.5, 0.6) is 0 Å². The van der Waals surface area contributed by atoms with Crippen LogP contribution in [0.25, 0.3) is 0 Å². The number of aliphatic hydroxyl groups is 2. The molecule has 6 rings (SSSR count). The number of benzene rings is 2. The van der Waals surface area contributed by atoms with Gasteiger partial charge < -0.3 is 19.5 Å². The van der Waals surface area contributed by atoms with Crippen molar-refractivity contribution in [1.29, 1.82) is 0 Å². The number of aryl methyl sites for hydroxylation is 1. The van der Waals surface area contributed by atoms with Crippen LogP contribution in [0.3, 0.4) is 0 Å². The average molecular weight is 599 g/mol. The highest BCUT2D eigenvalue weighted by atomic mass is 35.5. The second kappa shape index (κ2) is 10.7. The van der Waals surface area contributed by atoms with Gasteiger partial charge in [-0.3, -0.25) is 4.90 Å². The lowest BCUT2D eigenvalue weighted by Gasteiger charge is -2.45. The number of fused-ring (bicyclic) bond motifs is 1. The second-order valence-electron chi connectivity index (χ2n) is 10.8. The molecule has 2 N–H and O–H groups in total. The zero-order chi connectivity index (χ0) is 28.9. The van der Waals surface area contributed by atoms with Crippen molar-refractivity contribution in [2.24, 2.45) is 7.05 Å². The van der Waals surface area contributed by atoms with E-state index in [0.29, 0.717) is 63.1 Å².